The molecule has 0 nitrogen and oxygen atoms in total. The van der Waals surface area contributed by atoms with Gasteiger partial charge in [0.1, 0.15) is 5.82 Å². The van der Waals surface area contributed by atoms with E-state index in [1.807, 2.05) is 49.4 Å². The second-order valence-electron chi connectivity index (χ2n) is 9.53. The molecular weight excluding hydrogens is 403 g/mol. The summed E-state index contributed by atoms with van der Waals surface area (Å²) in [7, 11) is 0. The van der Waals surface area contributed by atoms with Gasteiger partial charge in [0.15, 0.2) is 0 Å². The minimum absolute atomic E-state index is 0.127. The van der Waals surface area contributed by atoms with Crippen molar-refractivity contribution < 1.29 is 4.39 Å². The second-order valence-corrected chi connectivity index (χ2v) is 9.53. The predicted molar refractivity (Wildman–Crippen MR) is 136 cm³/mol. The molecule has 0 amide bonds. The van der Waals surface area contributed by atoms with E-state index in [1.165, 1.54) is 31.2 Å². The van der Waals surface area contributed by atoms with E-state index in [4.69, 9.17) is 0 Å². The molecule has 33 heavy (non-hydrogen) atoms. The van der Waals surface area contributed by atoms with Crippen molar-refractivity contribution >= 4 is 0 Å². The van der Waals surface area contributed by atoms with Crippen LogP contribution in [0.3, 0.4) is 0 Å². The highest BCUT2D eigenvalue weighted by Crippen LogP contribution is 2.31. The quantitative estimate of drug-likeness (QED) is 0.364. The van der Waals surface area contributed by atoms with E-state index in [-0.39, 0.29) is 5.82 Å². The van der Waals surface area contributed by atoms with E-state index in [2.05, 4.69) is 49.7 Å². The van der Waals surface area contributed by atoms with Crippen molar-refractivity contribution in [2.24, 2.45) is 11.8 Å². The van der Waals surface area contributed by atoms with Gasteiger partial charge >= 0.3 is 0 Å². The molecule has 166 valence electrons. The van der Waals surface area contributed by atoms with Gasteiger partial charge in [0.25, 0.3) is 0 Å². The third-order valence-electron chi connectivity index (χ3n) is 6.67. The predicted octanol–water partition coefficient (Wildman–Crippen LogP) is 7.61. The van der Waals surface area contributed by atoms with E-state index in [0.717, 1.165) is 45.7 Å². The Bertz CT molecular complexity index is 1230. The standard InChI is InChI=1S/C32H31F/c1-23-4-8-26(9-5-23)14-17-30-18-15-27(20-25(30)3)12-13-29-16-19-31(32(33)22-29)21-28-10-6-24(2)7-11-28/h4-5,8-9,15-16,18-20,22,24,28H,6-7,10-11,21H2,1-3H3. The lowest BCUT2D eigenvalue weighted by molar-refractivity contribution is 0.287. The average molecular weight is 435 g/mol. The van der Waals surface area contributed by atoms with Gasteiger partial charge in [-0.1, -0.05) is 67.2 Å². The molecule has 0 heterocycles. The number of benzene rings is 3. The van der Waals surface area contributed by atoms with Crippen LogP contribution < -0.4 is 0 Å². The van der Waals surface area contributed by atoms with E-state index in [9.17, 15) is 4.39 Å². The van der Waals surface area contributed by atoms with E-state index < -0.39 is 0 Å². The van der Waals surface area contributed by atoms with E-state index in [0.29, 0.717) is 5.92 Å². The van der Waals surface area contributed by atoms with Gasteiger partial charge in [-0.15, -0.1) is 0 Å². The molecule has 1 heteroatoms. The fourth-order valence-electron chi connectivity index (χ4n) is 4.44. The zero-order chi connectivity index (χ0) is 23.2. The van der Waals surface area contributed by atoms with E-state index in [1.54, 1.807) is 6.07 Å². The molecule has 0 aliphatic heterocycles. The van der Waals surface area contributed by atoms with Gasteiger partial charge in [0.05, 0.1) is 0 Å². The van der Waals surface area contributed by atoms with E-state index >= 15 is 0 Å². The highest BCUT2D eigenvalue weighted by Gasteiger charge is 2.19. The molecule has 3 aromatic carbocycles. The van der Waals surface area contributed by atoms with Crippen LogP contribution in [-0.4, -0.2) is 0 Å². The fraction of sp³-hybridized carbons (Fsp3) is 0.312. The molecule has 0 aromatic heterocycles. The van der Waals surface area contributed by atoms with Crippen LogP contribution in [-0.2, 0) is 6.42 Å². The minimum Gasteiger partial charge on any atom is -0.207 e. The van der Waals surface area contributed by atoms with Crippen LogP contribution in [0, 0.1) is 55.2 Å². The first-order chi connectivity index (χ1) is 16.0. The maximum absolute atomic E-state index is 14.7. The molecule has 4 rings (SSSR count). The maximum Gasteiger partial charge on any atom is 0.127 e. The Morgan fingerprint density at radius 1 is 0.727 bits per heavy atom. The molecular formula is C32H31F. The van der Waals surface area contributed by atoms with Crippen LogP contribution in [0.25, 0.3) is 0 Å². The number of halogens is 1. The molecule has 3 aromatic rings. The van der Waals surface area contributed by atoms with Crippen LogP contribution in [0.1, 0.15) is 71.6 Å². The summed E-state index contributed by atoms with van der Waals surface area (Å²) >= 11 is 0. The zero-order valence-electron chi connectivity index (χ0n) is 19.8. The molecule has 1 fully saturated rings. The summed E-state index contributed by atoms with van der Waals surface area (Å²) < 4.78 is 14.7. The number of hydrogen-bond acceptors (Lipinski definition) is 0. The third-order valence-corrected chi connectivity index (χ3v) is 6.67. The van der Waals surface area contributed by atoms with Crippen molar-refractivity contribution in [3.63, 3.8) is 0 Å². The third kappa shape index (κ3) is 6.37. The Labute approximate surface area is 198 Å². The molecule has 0 unspecified atom stereocenters. The summed E-state index contributed by atoms with van der Waals surface area (Å²) in [4.78, 5) is 0. The molecule has 1 saturated carbocycles. The largest absolute Gasteiger partial charge is 0.207 e. The van der Waals surface area contributed by atoms with Crippen molar-refractivity contribution in [3.05, 3.63) is 105 Å². The smallest absolute Gasteiger partial charge is 0.127 e. The molecule has 1 aliphatic rings. The molecule has 0 bridgehead atoms. The number of hydrogen-bond donors (Lipinski definition) is 0. The Morgan fingerprint density at radius 2 is 1.33 bits per heavy atom. The fourth-order valence-corrected chi connectivity index (χ4v) is 4.44. The SMILES string of the molecule is Cc1ccc(C#Cc2ccc(C#Cc3ccc(CC4CCC(C)CC4)c(F)c3)cc2C)cc1. The van der Waals surface area contributed by atoms with Gasteiger partial charge < -0.3 is 0 Å². The Hall–Kier alpha value is -3.29. The van der Waals surface area contributed by atoms with Crippen molar-refractivity contribution in [2.45, 2.75) is 52.9 Å². The lowest BCUT2D eigenvalue weighted by Crippen LogP contribution is -2.15. The average Bonchev–Trinajstić information content (AvgIpc) is 2.81. The van der Waals surface area contributed by atoms with Crippen molar-refractivity contribution in [1.29, 1.82) is 0 Å². The van der Waals surface area contributed by atoms with Gasteiger partial charge in [-0.05, 0) is 98.5 Å². The summed E-state index contributed by atoms with van der Waals surface area (Å²) in [5, 5.41) is 0. The zero-order valence-corrected chi connectivity index (χ0v) is 19.8. The monoisotopic (exact) mass is 434 g/mol. The normalized spacial score (nSPS) is 17.5. The van der Waals surface area contributed by atoms with Crippen LogP contribution in [0.5, 0.6) is 0 Å². The van der Waals surface area contributed by atoms with Gasteiger partial charge in [-0.25, -0.2) is 4.39 Å². The summed E-state index contributed by atoms with van der Waals surface area (Å²) in [6.45, 7) is 6.44. The minimum atomic E-state index is -0.127. The molecule has 0 saturated heterocycles. The molecule has 1 aliphatic carbocycles. The summed E-state index contributed by atoms with van der Waals surface area (Å²) in [6.07, 6.45) is 5.81. The Balaban J connectivity index is 1.43. The number of rotatable bonds is 2. The van der Waals surface area contributed by atoms with Gasteiger partial charge in [0.2, 0.25) is 0 Å². The molecule has 0 N–H and O–H groups in total. The van der Waals surface area contributed by atoms with Crippen LogP contribution >= 0.6 is 0 Å². The lowest BCUT2D eigenvalue weighted by atomic mass is 9.80. The molecule has 0 spiro atoms. The van der Waals surface area contributed by atoms with Crippen molar-refractivity contribution in [1.82, 2.24) is 0 Å². The second kappa shape index (κ2) is 10.6. The van der Waals surface area contributed by atoms with Crippen molar-refractivity contribution in [3.8, 4) is 23.7 Å². The Morgan fingerprint density at radius 3 is 2.00 bits per heavy atom. The lowest BCUT2D eigenvalue weighted by Gasteiger charge is -2.26. The van der Waals surface area contributed by atoms with Gasteiger partial charge in [-0.2, -0.15) is 0 Å². The first kappa shape index (κ1) is 22.9. The molecule has 0 atom stereocenters. The number of aryl methyl sites for hydroxylation is 2. The Kier molecular flexibility index (Phi) is 7.32. The maximum atomic E-state index is 14.7. The first-order valence-corrected chi connectivity index (χ1v) is 12.0. The summed E-state index contributed by atoms with van der Waals surface area (Å²) in [6, 6.07) is 19.7. The molecule has 0 radical (unpaired) electrons. The van der Waals surface area contributed by atoms with Crippen LogP contribution in [0.4, 0.5) is 4.39 Å². The first-order valence-electron chi connectivity index (χ1n) is 12.0. The summed E-state index contributed by atoms with van der Waals surface area (Å²) in [5.74, 6) is 14.1. The van der Waals surface area contributed by atoms with Crippen LogP contribution in [0.2, 0.25) is 0 Å². The topological polar surface area (TPSA) is 0 Å². The highest BCUT2D eigenvalue weighted by atomic mass is 19.1. The van der Waals surface area contributed by atoms with Crippen molar-refractivity contribution in [2.75, 3.05) is 0 Å². The summed E-state index contributed by atoms with van der Waals surface area (Å²) in [5.41, 5.74) is 6.77. The van der Waals surface area contributed by atoms with Gasteiger partial charge in [-0.3, -0.25) is 0 Å². The van der Waals surface area contributed by atoms with Crippen LogP contribution in [0.15, 0.2) is 60.7 Å². The highest BCUT2D eigenvalue weighted by molar-refractivity contribution is 5.51. The van der Waals surface area contributed by atoms with Gasteiger partial charge in [0, 0.05) is 22.3 Å².